The second-order valence-corrected chi connectivity index (χ2v) is 3.64. The van der Waals surface area contributed by atoms with Gasteiger partial charge in [-0.15, -0.1) is 11.8 Å². The van der Waals surface area contributed by atoms with Crippen molar-refractivity contribution in [3.63, 3.8) is 0 Å². The fraction of sp³-hybridized carbons (Fsp3) is 0.200. The summed E-state index contributed by atoms with van der Waals surface area (Å²) in [6.45, 7) is 1.97. The van der Waals surface area contributed by atoms with Crippen molar-refractivity contribution in [2.75, 3.05) is 6.26 Å². The second-order valence-electron chi connectivity index (χ2n) is 2.76. The van der Waals surface area contributed by atoms with Gasteiger partial charge in [0, 0.05) is 10.3 Å². The summed E-state index contributed by atoms with van der Waals surface area (Å²) < 4.78 is 5.50. The molecule has 0 aliphatic carbocycles. The summed E-state index contributed by atoms with van der Waals surface area (Å²) in [6, 6.07) is 8.34. The highest BCUT2D eigenvalue weighted by molar-refractivity contribution is 7.98. The first-order valence-electron chi connectivity index (χ1n) is 3.84. The Morgan fingerprint density at radius 1 is 1.25 bits per heavy atom. The van der Waals surface area contributed by atoms with E-state index in [-0.39, 0.29) is 0 Å². The molecule has 0 unspecified atom stereocenters. The van der Waals surface area contributed by atoms with Crippen LogP contribution in [0, 0.1) is 6.92 Å². The quantitative estimate of drug-likeness (QED) is 0.620. The van der Waals surface area contributed by atoms with Crippen LogP contribution in [0.3, 0.4) is 0 Å². The number of fused-ring (bicyclic) bond motifs is 1. The monoisotopic (exact) mass is 178 g/mol. The van der Waals surface area contributed by atoms with Crippen LogP contribution in [-0.4, -0.2) is 6.26 Å². The highest BCUT2D eigenvalue weighted by Crippen LogP contribution is 2.24. The van der Waals surface area contributed by atoms with E-state index in [9.17, 15) is 0 Å². The Morgan fingerprint density at radius 3 is 2.83 bits per heavy atom. The van der Waals surface area contributed by atoms with E-state index >= 15 is 0 Å². The summed E-state index contributed by atoms with van der Waals surface area (Å²) in [4.78, 5) is 1.25. The van der Waals surface area contributed by atoms with Gasteiger partial charge in [-0.05, 0) is 31.4 Å². The van der Waals surface area contributed by atoms with Gasteiger partial charge in [-0.25, -0.2) is 0 Å². The van der Waals surface area contributed by atoms with Gasteiger partial charge in [-0.1, -0.05) is 6.07 Å². The number of benzene rings is 1. The molecule has 0 bridgehead atoms. The minimum absolute atomic E-state index is 0.975. The van der Waals surface area contributed by atoms with Gasteiger partial charge in [0.1, 0.15) is 11.3 Å². The molecule has 12 heavy (non-hydrogen) atoms. The molecule has 0 saturated heterocycles. The standard InChI is InChI=1S/C10H10OS/c1-7-5-8-3-4-9(12-2)6-10(8)11-7/h3-6H,1-2H3. The van der Waals surface area contributed by atoms with Crippen LogP contribution in [0.2, 0.25) is 0 Å². The molecule has 0 radical (unpaired) electrons. The molecule has 0 saturated carbocycles. The molecule has 2 aromatic rings. The number of aryl methyl sites for hydroxylation is 1. The van der Waals surface area contributed by atoms with Crippen molar-refractivity contribution < 1.29 is 4.42 Å². The van der Waals surface area contributed by atoms with Crippen LogP contribution in [0.1, 0.15) is 5.76 Å². The lowest BCUT2D eigenvalue weighted by Gasteiger charge is -1.93. The van der Waals surface area contributed by atoms with Crippen LogP contribution in [-0.2, 0) is 0 Å². The average molecular weight is 178 g/mol. The average Bonchev–Trinajstić information content (AvgIpc) is 2.43. The molecule has 2 rings (SSSR count). The first kappa shape index (κ1) is 7.74. The van der Waals surface area contributed by atoms with Crippen LogP contribution in [0.4, 0.5) is 0 Å². The first-order valence-corrected chi connectivity index (χ1v) is 5.06. The van der Waals surface area contributed by atoms with E-state index in [1.807, 2.05) is 6.92 Å². The van der Waals surface area contributed by atoms with E-state index in [2.05, 4.69) is 30.5 Å². The Hall–Kier alpha value is -0.890. The van der Waals surface area contributed by atoms with Crippen LogP contribution < -0.4 is 0 Å². The summed E-state index contributed by atoms with van der Waals surface area (Å²) in [5, 5.41) is 1.19. The van der Waals surface area contributed by atoms with E-state index in [0.717, 1.165) is 11.3 Å². The van der Waals surface area contributed by atoms with Crippen LogP contribution in [0.5, 0.6) is 0 Å². The normalized spacial score (nSPS) is 10.8. The molecular weight excluding hydrogens is 168 g/mol. The minimum atomic E-state index is 0.975. The fourth-order valence-electron chi connectivity index (χ4n) is 1.27. The van der Waals surface area contributed by atoms with Crippen molar-refractivity contribution in [1.82, 2.24) is 0 Å². The molecule has 1 nitrogen and oxygen atoms in total. The van der Waals surface area contributed by atoms with E-state index in [0.29, 0.717) is 0 Å². The number of thioether (sulfide) groups is 1. The van der Waals surface area contributed by atoms with Gasteiger partial charge in [-0.3, -0.25) is 0 Å². The topological polar surface area (TPSA) is 13.1 Å². The van der Waals surface area contributed by atoms with Crippen LogP contribution in [0.25, 0.3) is 11.0 Å². The SMILES string of the molecule is CSc1ccc2cc(C)oc2c1. The highest BCUT2D eigenvalue weighted by atomic mass is 32.2. The summed E-state index contributed by atoms with van der Waals surface area (Å²) in [5.41, 5.74) is 0.986. The Bertz CT molecular complexity index is 403. The molecule has 0 atom stereocenters. The molecule has 0 aliphatic heterocycles. The number of furan rings is 1. The van der Waals surface area contributed by atoms with Gasteiger partial charge in [0.05, 0.1) is 0 Å². The molecule has 1 aromatic carbocycles. The summed E-state index contributed by atoms with van der Waals surface area (Å²) in [6.07, 6.45) is 2.07. The van der Waals surface area contributed by atoms with E-state index in [1.54, 1.807) is 11.8 Å². The van der Waals surface area contributed by atoms with Gasteiger partial charge in [0.2, 0.25) is 0 Å². The molecule has 0 fully saturated rings. The van der Waals surface area contributed by atoms with Crippen LogP contribution >= 0.6 is 11.8 Å². The maximum atomic E-state index is 5.50. The molecule has 1 aromatic heterocycles. The molecular formula is C10H10OS. The van der Waals surface area contributed by atoms with Crippen molar-refractivity contribution >= 4 is 22.7 Å². The lowest BCUT2D eigenvalue weighted by molar-refractivity contribution is 0.578. The second kappa shape index (κ2) is 2.87. The summed E-state index contributed by atoms with van der Waals surface area (Å²) >= 11 is 1.73. The molecule has 1 heterocycles. The first-order chi connectivity index (χ1) is 5.79. The summed E-state index contributed by atoms with van der Waals surface area (Å²) in [7, 11) is 0. The van der Waals surface area contributed by atoms with Crippen molar-refractivity contribution in [1.29, 1.82) is 0 Å². The Kier molecular flexibility index (Phi) is 1.85. The molecule has 0 amide bonds. The molecule has 0 aliphatic rings. The van der Waals surface area contributed by atoms with E-state index in [4.69, 9.17) is 4.42 Å². The third-order valence-electron chi connectivity index (χ3n) is 1.85. The Labute approximate surface area is 75.8 Å². The van der Waals surface area contributed by atoms with Gasteiger partial charge < -0.3 is 4.42 Å². The van der Waals surface area contributed by atoms with Crippen molar-refractivity contribution in [2.45, 2.75) is 11.8 Å². The van der Waals surface area contributed by atoms with Gasteiger partial charge in [0.15, 0.2) is 0 Å². The molecule has 2 heteroatoms. The third kappa shape index (κ3) is 1.23. The maximum absolute atomic E-state index is 5.50. The fourth-order valence-corrected chi connectivity index (χ4v) is 1.70. The molecule has 0 spiro atoms. The van der Waals surface area contributed by atoms with Crippen LogP contribution in [0.15, 0.2) is 33.6 Å². The minimum Gasteiger partial charge on any atom is -0.461 e. The number of rotatable bonds is 1. The maximum Gasteiger partial charge on any atom is 0.135 e. The van der Waals surface area contributed by atoms with Crippen molar-refractivity contribution in [3.05, 3.63) is 30.0 Å². The summed E-state index contributed by atoms with van der Waals surface area (Å²) in [5.74, 6) is 0.975. The zero-order valence-corrected chi connectivity index (χ0v) is 7.94. The third-order valence-corrected chi connectivity index (χ3v) is 2.58. The number of hydrogen-bond donors (Lipinski definition) is 0. The molecule has 0 N–H and O–H groups in total. The van der Waals surface area contributed by atoms with Gasteiger partial charge in [0.25, 0.3) is 0 Å². The van der Waals surface area contributed by atoms with E-state index < -0.39 is 0 Å². The van der Waals surface area contributed by atoms with Crippen molar-refractivity contribution in [3.8, 4) is 0 Å². The van der Waals surface area contributed by atoms with Gasteiger partial charge >= 0.3 is 0 Å². The zero-order chi connectivity index (χ0) is 8.55. The van der Waals surface area contributed by atoms with Gasteiger partial charge in [-0.2, -0.15) is 0 Å². The smallest absolute Gasteiger partial charge is 0.135 e. The largest absolute Gasteiger partial charge is 0.461 e. The van der Waals surface area contributed by atoms with Crippen molar-refractivity contribution in [2.24, 2.45) is 0 Å². The lowest BCUT2D eigenvalue weighted by Crippen LogP contribution is -1.67. The predicted molar refractivity (Wildman–Crippen MR) is 52.7 cm³/mol. The molecule has 62 valence electrons. The Balaban J connectivity index is 2.66. The zero-order valence-electron chi connectivity index (χ0n) is 7.13. The Morgan fingerprint density at radius 2 is 2.08 bits per heavy atom. The van der Waals surface area contributed by atoms with E-state index in [1.165, 1.54) is 10.3 Å². The predicted octanol–water partition coefficient (Wildman–Crippen LogP) is 3.46. The number of hydrogen-bond acceptors (Lipinski definition) is 2. The highest BCUT2D eigenvalue weighted by Gasteiger charge is 1.99. The lowest BCUT2D eigenvalue weighted by atomic mass is 10.2.